The zero-order chi connectivity index (χ0) is 23.1. The van der Waals surface area contributed by atoms with Crippen molar-refractivity contribution >= 4 is 46.6 Å². The summed E-state index contributed by atoms with van der Waals surface area (Å²) in [5, 5.41) is 5.14. The summed E-state index contributed by atoms with van der Waals surface area (Å²) in [6.45, 7) is 9.45. The number of nitrogens with one attached hydrogen (secondary N) is 1. The number of aromatic nitrogens is 2. The molecule has 2 aliphatic heterocycles. The zero-order valence-corrected chi connectivity index (χ0v) is 21.6. The van der Waals surface area contributed by atoms with Gasteiger partial charge in [-0.3, -0.25) is 0 Å². The maximum absolute atomic E-state index is 6.52. The van der Waals surface area contributed by atoms with E-state index >= 15 is 0 Å². The van der Waals surface area contributed by atoms with Crippen LogP contribution in [-0.4, -0.2) is 47.1 Å². The van der Waals surface area contributed by atoms with Crippen LogP contribution in [0.15, 0.2) is 18.2 Å². The predicted octanol–water partition coefficient (Wildman–Crippen LogP) is 6.30. The Balaban J connectivity index is 1.20. The maximum Gasteiger partial charge on any atom is 0.227 e. The first-order chi connectivity index (χ1) is 15.9. The summed E-state index contributed by atoms with van der Waals surface area (Å²) in [7, 11) is 0. The van der Waals surface area contributed by atoms with E-state index in [0.717, 1.165) is 54.1 Å². The second kappa shape index (κ2) is 9.77. The standard InChI is InChI=1S/C25H32Cl3N5/c1-15-8-21(9-15)32-7-3-4-18(12-32)19-13-33(14-19)25-30-16(2)23(28)24(31-25)29-11-17-5-6-20(26)10-22(17)27/h5-6,10,15,18-19,21H,3-4,7-9,11-14H2,1-2H3,(H,29,30,31). The molecule has 0 bridgehead atoms. The van der Waals surface area contributed by atoms with Crippen molar-refractivity contribution in [3.05, 3.63) is 44.5 Å². The minimum Gasteiger partial charge on any atom is -0.365 e. The monoisotopic (exact) mass is 507 g/mol. The van der Waals surface area contributed by atoms with Crippen LogP contribution >= 0.6 is 34.8 Å². The number of hydrogen-bond donors (Lipinski definition) is 1. The Labute approximate surface area is 211 Å². The number of piperidine rings is 1. The van der Waals surface area contributed by atoms with Crippen molar-refractivity contribution in [3.63, 3.8) is 0 Å². The van der Waals surface area contributed by atoms with Crippen molar-refractivity contribution in [1.29, 1.82) is 0 Å². The molecule has 1 unspecified atom stereocenters. The summed E-state index contributed by atoms with van der Waals surface area (Å²) in [4.78, 5) is 14.5. The molecule has 5 rings (SSSR count). The van der Waals surface area contributed by atoms with Crippen molar-refractivity contribution in [3.8, 4) is 0 Å². The van der Waals surface area contributed by atoms with Gasteiger partial charge in [0, 0.05) is 42.3 Å². The molecule has 8 heteroatoms. The molecule has 1 saturated carbocycles. The summed E-state index contributed by atoms with van der Waals surface area (Å²) in [5.74, 6) is 3.85. The van der Waals surface area contributed by atoms with Gasteiger partial charge in [-0.15, -0.1) is 0 Å². The van der Waals surface area contributed by atoms with Gasteiger partial charge < -0.3 is 15.1 Å². The van der Waals surface area contributed by atoms with E-state index < -0.39 is 0 Å². The largest absolute Gasteiger partial charge is 0.365 e. The normalized spacial score (nSPS) is 26.1. The highest BCUT2D eigenvalue weighted by molar-refractivity contribution is 6.35. The lowest BCUT2D eigenvalue weighted by Crippen LogP contribution is -2.56. The number of nitrogens with zero attached hydrogens (tertiary/aromatic N) is 4. The number of hydrogen-bond acceptors (Lipinski definition) is 5. The summed E-state index contributed by atoms with van der Waals surface area (Å²) < 4.78 is 0. The molecule has 5 nitrogen and oxygen atoms in total. The fourth-order valence-corrected chi connectivity index (χ4v) is 6.16. The van der Waals surface area contributed by atoms with Gasteiger partial charge in [0.05, 0.1) is 5.69 Å². The highest BCUT2D eigenvalue weighted by atomic mass is 35.5. The third-order valence-corrected chi connectivity index (χ3v) is 8.72. The number of benzene rings is 1. The number of rotatable bonds is 6. The fourth-order valence-electron chi connectivity index (χ4n) is 5.54. The van der Waals surface area contributed by atoms with Crippen LogP contribution in [0.2, 0.25) is 15.1 Å². The molecule has 0 radical (unpaired) electrons. The van der Waals surface area contributed by atoms with Gasteiger partial charge in [-0.05, 0) is 74.6 Å². The van der Waals surface area contributed by atoms with Gasteiger partial charge in [-0.25, -0.2) is 4.98 Å². The number of anilines is 2. The number of aryl methyl sites for hydroxylation is 1. The molecule has 0 amide bonds. The topological polar surface area (TPSA) is 44.3 Å². The third-order valence-electron chi connectivity index (χ3n) is 7.68. The summed E-state index contributed by atoms with van der Waals surface area (Å²) in [5.41, 5.74) is 1.74. The average molecular weight is 509 g/mol. The summed E-state index contributed by atoms with van der Waals surface area (Å²) >= 11 is 18.9. The Morgan fingerprint density at radius 1 is 1.06 bits per heavy atom. The lowest BCUT2D eigenvalue weighted by molar-refractivity contribution is 0.0294. The SMILES string of the molecule is Cc1nc(N2CC(C3CCCN(C4CC(C)C4)C3)C2)nc(NCc2ccc(Cl)cc2Cl)c1Cl. The molecule has 3 fully saturated rings. The first kappa shape index (κ1) is 23.5. The Hall–Kier alpha value is -1.27. The molecule has 0 spiro atoms. The molecule has 2 saturated heterocycles. The third kappa shape index (κ3) is 5.07. The van der Waals surface area contributed by atoms with Gasteiger partial charge >= 0.3 is 0 Å². The van der Waals surface area contributed by atoms with E-state index in [4.69, 9.17) is 39.8 Å². The van der Waals surface area contributed by atoms with Gasteiger partial charge in [-0.1, -0.05) is 47.8 Å². The van der Waals surface area contributed by atoms with Gasteiger partial charge in [0.2, 0.25) is 5.95 Å². The molecular weight excluding hydrogens is 477 g/mol. The molecule has 1 atom stereocenters. The highest BCUT2D eigenvalue weighted by Crippen LogP contribution is 2.38. The Bertz CT molecular complexity index is 1000. The lowest BCUT2D eigenvalue weighted by atomic mass is 9.76. The average Bonchev–Trinajstić information content (AvgIpc) is 2.73. The minimum absolute atomic E-state index is 0.520. The van der Waals surface area contributed by atoms with E-state index in [1.807, 2.05) is 19.1 Å². The Morgan fingerprint density at radius 2 is 1.85 bits per heavy atom. The molecule has 1 aromatic heterocycles. The van der Waals surface area contributed by atoms with Gasteiger partial charge in [0.25, 0.3) is 0 Å². The van der Waals surface area contributed by atoms with Crippen molar-refractivity contribution in [2.45, 2.75) is 52.1 Å². The molecule has 3 aliphatic rings. The zero-order valence-electron chi connectivity index (χ0n) is 19.3. The molecule has 2 aromatic rings. The van der Waals surface area contributed by atoms with E-state index in [0.29, 0.717) is 27.4 Å². The van der Waals surface area contributed by atoms with E-state index in [1.54, 1.807) is 6.07 Å². The smallest absolute Gasteiger partial charge is 0.227 e. The molecular formula is C25H32Cl3N5. The van der Waals surface area contributed by atoms with E-state index in [1.165, 1.54) is 38.8 Å². The van der Waals surface area contributed by atoms with Gasteiger partial charge in [0.15, 0.2) is 5.82 Å². The van der Waals surface area contributed by atoms with Crippen molar-refractivity contribution in [2.24, 2.45) is 17.8 Å². The van der Waals surface area contributed by atoms with E-state index in [-0.39, 0.29) is 0 Å². The molecule has 1 aromatic carbocycles. The summed E-state index contributed by atoms with van der Waals surface area (Å²) in [6, 6.07) is 6.33. The van der Waals surface area contributed by atoms with Crippen molar-refractivity contribution in [2.75, 3.05) is 36.4 Å². The van der Waals surface area contributed by atoms with Gasteiger partial charge in [-0.2, -0.15) is 4.98 Å². The van der Waals surface area contributed by atoms with E-state index in [9.17, 15) is 0 Å². The molecule has 1 N–H and O–H groups in total. The fraction of sp³-hybridized carbons (Fsp3) is 0.600. The van der Waals surface area contributed by atoms with Crippen LogP contribution in [0.1, 0.15) is 43.9 Å². The summed E-state index contributed by atoms with van der Waals surface area (Å²) in [6.07, 6.45) is 5.47. The van der Waals surface area contributed by atoms with E-state index in [2.05, 4.69) is 27.0 Å². The lowest BCUT2D eigenvalue weighted by Gasteiger charge is -2.50. The van der Waals surface area contributed by atoms with Crippen LogP contribution in [0.4, 0.5) is 11.8 Å². The number of halogens is 3. The first-order valence-electron chi connectivity index (χ1n) is 12.1. The van der Waals surface area contributed by atoms with Crippen LogP contribution in [0, 0.1) is 24.7 Å². The highest BCUT2D eigenvalue weighted by Gasteiger charge is 2.40. The number of likely N-dealkylation sites (tertiary alicyclic amines) is 1. The van der Waals surface area contributed by atoms with Crippen molar-refractivity contribution < 1.29 is 0 Å². The molecule has 1 aliphatic carbocycles. The Morgan fingerprint density at radius 3 is 2.58 bits per heavy atom. The maximum atomic E-state index is 6.52. The Kier molecular flexibility index (Phi) is 6.95. The molecule has 33 heavy (non-hydrogen) atoms. The van der Waals surface area contributed by atoms with Gasteiger partial charge in [0.1, 0.15) is 5.02 Å². The second-order valence-corrected chi connectivity index (χ2v) is 11.4. The first-order valence-corrected chi connectivity index (χ1v) is 13.2. The van der Waals surface area contributed by atoms with Crippen LogP contribution < -0.4 is 10.2 Å². The van der Waals surface area contributed by atoms with Crippen LogP contribution in [-0.2, 0) is 6.54 Å². The quantitative estimate of drug-likeness (QED) is 0.496. The van der Waals surface area contributed by atoms with Crippen LogP contribution in [0.5, 0.6) is 0 Å². The van der Waals surface area contributed by atoms with Crippen LogP contribution in [0.25, 0.3) is 0 Å². The minimum atomic E-state index is 0.520. The molecule has 178 valence electrons. The van der Waals surface area contributed by atoms with Crippen molar-refractivity contribution in [1.82, 2.24) is 14.9 Å². The predicted molar refractivity (Wildman–Crippen MR) is 138 cm³/mol. The molecule has 3 heterocycles. The second-order valence-electron chi connectivity index (χ2n) is 10.2. The van der Waals surface area contributed by atoms with Crippen LogP contribution in [0.3, 0.4) is 0 Å².